The number of likely N-dealkylation sites (tertiary alicyclic amines) is 1. The number of hydrogen-bond donors (Lipinski definition) is 2. The molecule has 1 aliphatic heterocycles. The maximum Gasteiger partial charge on any atom is 0.256 e. The first-order valence-electron chi connectivity index (χ1n) is 9.31. The first-order chi connectivity index (χ1) is 12.7. The fourth-order valence-electron chi connectivity index (χ4n) is 3.98. The fraction of sp³-hybridized carbons (Fsp3) is 0.318. The van der Waals surface area contributed by atoms with Gasteiger partial charge in [-0.2, -0.15) is 0 Å². The van der Waals surface area contributed by atoms with Crippen LogP contribution in [0.15, 0.2) is 48.7 Å². The van der Waals surface area contributed by atoms with Crippen molar-refractivity contribution >= 4 is 16.8 Å². The number of nitrogens with one attached hydrogen (secondary N) is 1. The molecule has 0 saturated carbocycles. The van der Waals surface area contributed by atoms with E-state index in [0.717, 1.165) is 42.4 Å². The van der Waals surface area contributed by atoms with E-state index in [2.05, 4.69) is 48.3 Å². The Labute approximate surface area is 154 Å². The van der Waals surface area contributed by atoms with Gasteiger partial charge in [-0.15, -0.1) is 0 Å². The van der Waals surface area contributed by atoms with Crippen LogP contribution in [-0.4, -0.2) is 28.9 Å². The van der Waals surface area contributed by atoms with Crippen LogP contribution in [0.2, 0.25) is 0 Å². The SMILES string of the molecule is Cc1ccc2c(C(=O)N3CCC(c4cccc(CN)c4)CC3)c[nH]c2c1. The summed E-state index contributed by atoms with van der Waals surface area (Å²) in [6.45, 7) is 4.24. The number of aromatic nitrogens is 1. The van der Waals surface area contributed by atoms with Crippen molar-refractivity contribution in [2.24, 2.45) is 5.73 Å². The molecule has 1 amide bonds. The third-order valence-corrected chi connectivity index (χ3v) is 5.51. The Morgan fingerprint density at radius 3 is 2.77 bits per heavy atom. The number of fused-ring (bicyclic) bond motifs is 1. The number of carbonyl (C=O) groups is 1. The first kappa shape index (κ1) is 16.9. The molecule has 4 nitrogen and oxygen atoms in total. The molecule has 1 saturated heterocycles. The van der Waals surface area contributed by atoms with E-state index in [-0.39, 0.29) is 5.91 Å². The smallest absolute Gasteiger partial charge is 0.256 e. The lowest BCUT2D eigenvalue weighted by molar-refractivity contribution is 0.0715. The van der Waals surface area contributed by atoms with Gasteiger partial charge < -0.3 is 15.6 Å². The zero-order valence-electron chi connectivity index (χ0n) is 15.2. The van der Waals surface area contributed by atoms with Crippen LogP contribution in [-0.2, 0) is 6.54 Å². The van der Waals surface area contributed by atoms with Crippen molar-refractivity contribution in [1.82, 2.24) is 9.88 Å². The van der Waals surface area contributed by atoms with Gasteiger partial charge in [0.15, 0.2) is 0 Å². The van der Waals surface area contributed by atoms with Gasteiger partial charge in [0.2, 0.25) is 0 Å². The van der Waals surface area contributed by atoms with Crippen LogP contribution in [0.4, 0.5) is 0 Å². The summed E-state index contributed by atoms with van der Waals surface area (Å²) in [5.41, 5.74) is 11.3. The molecule has 0 aliphatic carbocycles. The number of amides is 1. The minimum atomic E-state index is 0.134. The summed E-state index contributed by atoms with van der Waals surface area (Å²) in [5.74, 6) is 0.644. The van der Waals surface area contributed by atoms with Crippen LogP contribution in [0.1, 0.15) is 45.8 Å². The number of carbonyl (C=O) groups excluding carboxylic acids is 1. The standard InChI is InChI=1S/C22H25N3O/c1-15-5-6-19-20(14-24-21(19)11-15)22(26)25-9-7-17(8-10-25)18-4-2-3-16(12-18)13-23/h2-6,11-12,14,17,24H,7-10,13,23H2,1H3. The van der Waals surface area contributed by atoms with Crippen molar-refractivity contribution in [2.75, 3.05) is 13.1 Å². The van der Waals surface area contributed by atoms with Crippen molar-refractivity contribution in [1.29, 1.82) is 0 Å². The number of nitrogens with two attached hydrogens (primary N) is 1. The number of aromatic amines is 1. The number of piperidine rings is 1. The van der Waals surface area contributed by atoms with Gasteiger partial charge in [0.25, 0.3) is 5.91 Å². The Morgan fingerprint density at radius 2 is 2.00 bits per heavy atom. The first-order valence-corrected chi connectivity index (χ1v) is 9.31. The number of nitrogens with zero attached hydrogens (tertiary/aromatic N) is 1. The molecule has 0 atom stereocenters. The second kappa shape index (κ2) is 6.96. The summed E-state index contributed by atoms with van der Waals surface area (Å²) in [6.07, 6.45) is 3.85. The number of aryl methyl sites for hydroxylation is 1. The Hall–Kier alpha value is -2.59. The van der Waals surface area contributed by atoms with Crippen molar-refractivity contribution < 1.29 is 4.79 Å². The van der Waals surface area contributed by atoms with Crippen LogP contribution in [0.25, 0.3) is 10.9 Å². The Balaban J connectivity index is 1.47. The summed E-state index contributed by atoms with van der Waals surface area (Å²) < 4.78 is 0. The van der Waals surface area contributed by atoms with Gasteiger partial charge >= 0.3 is 0 Å². The van der Waals surface area contributed by atoms with E-state index in [1.54, 1.807) is 0 Å². The highest BCUT2D eigenvalue weighted by Gasteiger charge is 2.26. The number of rotatable bonds is 3. The third-order valence-electron chi connectivity index (χ3n) is 5.51. The molecule has 1 aromatic heterocycles. The molecule has 134 valence electrons. The average molecular weight is 347 g/mol. The van der Waals surface area contributed by atoms with E-state index in [1.165, 1.54) is 16.7 Å². The zero-order valence-corrected chi connectivity index (χ0v) is 15.2. The summed E-state index contributed by atoms with van der Waals surface area (Å²) >= 11 is 0. The van der Waals surface area contributed by atoms with Crippen molar-refractivity contribution in [3.63, 3.8) is 0 Å². The molecule has 0 spiro atoms. The molecule has 1 fully saturated rings. The average Bonchev–Trinajstić information content (AvgIpc) is 3.10. The van der Waals surface area contributed by atoms with Gasteiger partial charge in [-0.05, 0) is 48.4 Å². The Bertz CT molecular complexity index is 935. The minimum absolute atomic E-state index is 0.134. The summed E-state index contributed by atoms with van der Waals surface area (Å²) in [6, 6.07) is 14.7. The molecule has 3 N–H and O–H groups in total. The fourth-order valence-corrected chi connectivity index (χ4v) is 3.98. The number of hydrogen-bond acceptors (Lipinski definition) is 2. The largest absolute Gasteiger partial charge is 0.360 e. The lowest BCUT2D eigenvalue weighted by Crippen LogP contribution is -2.37. The lowest BCUT2D eigenvalue weighted by Gasteiger charge is -2.32. The van der Waals surface area contributed by atoms with Crippen molar-refractivity contribution in [3.8, 4) is 0 Å². The van der Waals surface area contributed by atoms with Gasteiger partial charge in [-0.3, -0.25) is 4.79 Å². The van der Waals surface area contributed by atoms with Crippen molar-refractivity contribution in [2.45, 2.75) is 32.2 Å². The molecule has 0 unspecified atom stereocenters. The van der Waals surface area contributed by atoms with Gasteiger partial charge in [-0.25, -0.2) is 0 Å². The van der Waals surface area contributed by atoms with E-state index in [1.807, 2.05) is 17.2 Å². The predicted molar refractivity (Wildman–Crippen MR) is 105 cm³/mol. The van der Waals surface area contributed by atoms with Gasteiger partial charge in [0.1, 0.15) is 0 Å². The second-order valence-corrected chi connectivity index (χ2v) is 7.27. The highest BCUT2D eigenvalue weighted by molar-refractivity contribution is 6.06. The second-order valence-electron chi connectivity index (χ2n) is 7.27. The molecule has 0 bridgehead atoms. The normalized spacial score (nSPS) is 15.5. The summed E-state index contributed by atoms with van der Waals surface area (Å²) in [5, 5.41) is 1.01. The van der Waals surface area contributed by atoms with Crippen LogP contribution in [0, 0.1) is 6.92 Å². The Kier molecular flexibility index (Phi) is 4.51. The third kappa shape index (κ3) is 3.13. The van der Waals surface area contributed by atoms with E-state index in [4.69, 9.17) is 5.73 Å². The molecule has 3 aromatic rings. The molecule has 1 aliphatic rings. The minimum Gasteiger partial charge on any atom is -0.360 e. The number of benzene rings is 2. The molecular weight excluding hydrogens is 322 g/mol. The van der Waals surface area contributed by atoms with E-state index >= 15 is 0 Å². The van der Waals surface area contributed by atoms with Crippen LogP contribution >= 0.6 is 0 Å². The lowest BCUT2D eigenvalue weighted by atomic mass is 9.88. The topological polar surface area (TPSA) is 62.1 Å². The van der Waals surface area contributed by atoms with E-state index in [9.17, 15) is 4.79 Å². The van der Waals surface area contributed by atoms with Crippen LogP contribution in [0.5, 0.6) is 0 Å². The molecule has 4 heteroatoms. The number of H-pyrrole nitrogens is 1. The predicted octanol–water partition coefficient (Wildman–Crippen LogP) is 3.95. The Morgan fingerprint density at radius 1 is 1.19 bits per heavy atom. The summed E-state index contributed by atoms with van der Waals surface area (Å²) in [7, 11) is 0. The van der Waals surface area contributed by atoms with Gasteiger partial charge in [-0.1, -0.05) is 36.4 Å². The monoisotopic (exact) mass is 347 g/mol. The maximum absolute atomic E-state index is 13.0. The molecule has 0 radical (unpaired) electrons. The molecular formula is C22H25N3O. The molecule has 2 heterocycles. The van der Waals surface area contributed by atoms with Crippen molar-refractivity contribution in [3.05, 3.63) is 70.9 Å². The highest BCUT2D eigenvalue weighted by atomic mass is 16.2. The van der Waals surface area contributed by atoms with Crippen LogP contribution < -0.4 is 5.73 Å². The van der Waals surface area contributed by atoms with Gasteiger partial charge in [0.05, 0.1) is 5.56 Å². The highest BCUT2D eigenvalue weighted by Crippen LogP contribution is 2.30. The summed E-state index contributed by atoms with van der Waals surface area (Å²) in [4.78, 5) is 18.2. The zero-order chi connectivity index (χ0) is 18.1. The maximum atomic E-state index is 13.0. The van der Waals surface area contributed by atoms with Gasteiger partial charge in [0, 0.05) is 36.7 Å². The molecule has 2 aromatic carbocycles. The quantitative estimate of drug-likeness (QED) is 0.753. The molecule has 26 heavy (non-hydrogen) atoms. The van der Waals surface area contributed by atoms with E-state index in [0.29, 0.717) is 12.5 Å². The molecule has 4 rings (SSSR count). The van der Waals surface area contributed by atoms with E-state index < -0.39 is 0 Å². The van der Waals surface area contributed by atoms with Crippen LogP contribution in [0.3, 0.4) is 0 Å².